The van der Waals surface area contributed by atoms with Crippen molar-refractivity contribution in [1.29, 1.82) is 0 Å². The number of sulfonamides is 1. The molecule has 2 aromatic heterocycles. The lowest BCUT2D eigenvalue weighted by atomic mass is 10.1. The number of aryl methyl sites for hydroxylation is 1. The van der Waals surface area contributed by atoms with Crippen LogP contribution < -0.4 is 5.76 Å². The van der Waals surface area contributed by atoms with E-state index in [1.807, 2.05) is 13.8 Å². The lowest BCUT2D eigenvalue weighted by Gasteiger charge is -2.27. The highest BCUT2D eigenvalue weighted by Crippen LogP contribution is 2.35. The Labute approximate surface area is 169 Å². The lowest BCUT2D eigenvalue weighted by Crippen LogP contribution is -2.35. The standard InChI is InChI=1S/C20H25N3O5S/c1-13(2)23-18-9-8-15(12-19(18)27-20(23)24)29(25,26)22-10-6-4-5-7-17(22)16-11-14(3)28-21-16/h8-9,11-13,17H,4-7,10H2,1-3H3/t17-/m0/s1. The van der Waals surface area contributed by atoms with Crippen LogP contribution in [0.25, 0.3) is 11.1 Å². The van der Waals surface area contributed by atoms with Crippen molar-refractivity contribution in [3.8, 4) is 0 Å². The second-order valence-electron chi connectivity index (χ2n) is 7.80. The minimum Gasteiger partial charge on any atom is -0.408 e. The Bertz CT molecular complexity index is 1190. The molecule has 1 aromatic carbocycles. The molecule has 9 heteroatoms. The van der Waals surface area contributed by atoms with Gasteiger partial charge in [0.2, 0.25) is 10.0 Å². The first kappa shape index (κ1) is 19.9. The molecule has 156 valence electrons. The van der Waals surface area contributed by atoms with Gasteiger partial charge in [-0.25, -0.2) is 13.2 Å². The molecule has 0 spiro atoms. The lowest BCUT2D eigenvalue weighted by molar-refractivity contribution is 0.304. The summed E-state index contributed by atoms with van der Waals surface area (Å²) in [5.74, 6) is 0.162. The number of benzene rings is 1. The third-order valence-electron chi connectivity index (χ3n) is 5.40. The number of oxazole rings is 1. The van der Waals surface area contributed by atoms with E-state index in [4.69, 9.17) is 8.94 Å². The summed E-state index contributed by atoms with van der Waals surface area (Å²) in [6.45, 7) is 5.96. The zero-order valence-corrected chi connectivity index (χ0v) is 17.6. The second-order valence-corrected chi connectivity index (χ2v) is 9.70. The zero-order chi connectivity index (χ0) is 20.8. The third-order valence-corrected chi connectivity index (χ3v) is 7.30. The van der Waals surface area contributed by atoms with Crippen molar-refractivity contribution < 1.29 is 17.4 Å². The molecule has 1 aliphatic heterocycles. The Morgan fingerprint density at radius 3 is 2.66 bits per heavy atom. The van der Waals surface area contributed by atoms with Crippen LogP contribution in [-0.4, -0.2) is 29.0 Å². The summed E-state index contributed by atoms with van der Waals surface area (Å²) in [7, 11) is -3.81. The van der Waals surface area contributed by atoms with E-state index >= 15 is 0 Å². The maximum absolute atomic E-state index is 13.5. The number of hydrogen-bond acceptors (Lipinski definition) is 6. The van der Waals surface area contributed by atoms with Crippen molar-refractivity contribution in [2.45, 2.75) is 63.4 Å². The van der Waals surface area contributed by atoms with Gasteiger partial charge in [0.1, 0.15) is 11.5 Å². The van der Waals surface area contributed by atoms with E-state index < -0.39 is 15.8 Å². The molecule has 8 nitrogen and oxygen atoms in total. The molecule has 0 N–H and O–H groups in total. The highest BCUT2D eigenvalue weighted by Gasteiger charge is 2.35. The van der Waals surface area contributed by atoms with Crippen molar-refractivity contribution in [3.63, 3.8) is 0 Å². The maximum atomic E-state index is 13.5. The fraction of sp³-hybridized carbons (Fsp3) is 0.500. The van der Waals surface area contributed by atoms with Crippen molar-refractivity contribution in [1.82, 2.24) is 14.0 Å². The average Bonchev–Trinajstić information content (AvgIpc) is 3.13. The molecule has 0 radical (unpaired) electrons. The highest BCUT2D eigenvalue weighted by atomic mass is 32.2. The molecular formula is C20H25N3O5S. The van der Waals surface area contributed by atoms with Gasteiger partial charge in [-0.05, 0) is 45.7 Å². The van der Waals surface area contributed by atoms with E-state index in [0.29, 0.717) is 29.9 Å². The SMILES string of the molecule is Cc1cc([C@@H]2CCCCCN2S(=O)(=O)c2ccc3c(c2)oc(=O)n3C(C)C)no1. The number of rotatable bonds is 4. The molecule has 3 heterocycles. The van der Waals surface area contributed by atoms with E-state index in [1.165, 1.54) is 14.9 Å². The van der Waals surface area contributed by atoms with Crippen LogP contribution in [0.3, 0.4) is 0 Å². The highest BCUT2D eigenvalue weighted by molar-refractivity contribution is 7.89. The molecule has 1 aliphatic rings. The van der Waals surface area contributed by atoms with Gasteiger partial charge in [0.15, 0.2) is 5.58 Å². The number of aromatic nitrogens is 2. The van der Waals surface area contributed by atoms with Crippen LogP contribution in [0.2, 0.25) is 0 Å². The summed E-state index contributed by atoms with van der Waals surface area (Å²) in [5, 5.41) is 4.08. The van der Waals surface area contributed by atoms with E-state index in [-0.39, 0.29) is 22.6 Å². The average molecular weight is 420 g/mol. The van der Waals surface area contributed by atoms with Gasteiger partial charge in [-0.1, -0.05) is 18.0 Å². The van der Waals surface area contributed by atoms with Crippen LogP contribution in [0.4, 0.5) is 0 Å². The molecule has 0 amide bonds. The van der Waals surface area contributed by atoms with Gasteiger partial charge in [0.05, 0.1) is 16.5 Å². The fourth-order valence-corrected chi connectivity index (χ4v) is 5.69. The second kappa shape index (κ2) is 7.46. The first-order valence-corrected chi connectivity index (χ1v) is 11.3. The Morgan fingerprint density at radius 1 is 1.17 bits per heavy atom. The van der Waals surface area contributed by atoms with E-state index in [1.54, 1.807) is 25.1 Å². The first-order chi connectivity index (χ1) is 13.8. The summed E-state index contributed by atoms with van der Waals surface area (Å²) in [6, 6.07) is 5.96. The van der Waals surface area contributed by atoms with Gasteiger partial charge in [0, 0.05) is 24.7 Å². The summed E-state index contributed by atoms with van der Waals surface area (Å²) in [6.07, 6.45) is 3.36. The molecule has 0 bridgehead atoms. The minimum absolute atomic E-state index is 0.0865. The smallest absolute Gasteiger partial charge is 0.408 e. The summed E-state index contributed by atoms with van der Waals surface area (Å²) >= 11 is 0. The van der Waals surface area contributed by atoms with Crippen LogP contribution in [0.1, 0.15) is 63.1 Å². The number of fused-ring (bicyclic) bond motifs is 1. The van der Waals surface area contributed by atoms with Crippen LogP contribution in [-0.2, 0) is 10.0 Å². The molecule has 29 heavy (non-hydrogen) atoms. The predicted octanol–water partition coefficient (Wildman–Crippen LogP) is 3.78. The van der Waals surface area contributed by atoms with Crippen molar-refractivity contribution >= 4 is 21.1 Å². The van der Waals surface area contributed by atoms with E-state index in [9.17, 15) is 13.2 Å². The zero-order valence-electron chi connectivity index (χ0n) is 16.8. The quantitative estimate of drug-likeness (QED) is 0.638. The Morgan fingerprint density at radius 2 is 1.97 bits per heavy atom. The topological polar surface area (TPSA) is 98.6 Å². The summed E-state index contributed by atoms with van der Waals surface area (Å²) < 4.78 is 40.6. The van der Waals surface area contributed by atoms with Gasteiger partial charge in [0.25, 0.3) is 0 Å². The molecule has 1 saturated heterocycles. The van der Waals surface area contributed by atoms with Crippen molar-refractivity contribution in [3.05, 3.63) is 46.3 Å². The molecule has 4 rings (SSSR count). The third kappa shape index (κ3) is 3.53. The summed E-state index contributed by atoms with van der Waals surface area (Å²) in [5.41, 5.74) is 1.49. The van der Waals surface area contributed by atoms with Crippen molar-refractivity contribution in [2.24, 2.45) is 0 Å². The van der Waals surface area contributed by atoms with Crippen LogP contribution in [0.15, 0.2) is 42.9 Å². The van der Waals surface area contributed by atoms with Gasteiger partial charge in [-0.2, -0.15) is 4.31 Å². The van der Waals surface area contributed by atoms with Crippen LogP contribution in [0, 0.1) is 6.92 Å². The van der Waals surface area contributed by atoms with Crippen LogP contribution >= 0.6 is 0 Å². The van der Waals surface area contributed by atoms with E-state index in [2.05, 4.69) is 5.16 Å². The maximum Gasteiger partial charge on any atom is 0.420 e. The van der Waals surface area contributed by atoms with E-state index in [0.717, 1.165) is 19.3 Å². The summed E-state index contributed by atoms with van der Waals surface area (Å²) in [4.78, 5) is 12.3. The Kier molecular flexibility index (Phi) is 5.12. The van der Waals surface area contributed by atoms with Crippen molar-refractivity contribution in [2.75, 3.05) is 6.54 Å². The van der Waals surface area contributed by atoms with Gasteiger partial charge in [-0.15, -0.1) is 0 Å². The molecule has 1 fully saturated rings. The molecule has 0 aliphatic carbocycles. The van der Waals surface area contributed by atoms with Gasteiger partial charge >= 0.3 is 5.76 Å². The molecule has 0 unspecified atom stereocenters. The fourth-order valence-electron chi connectivity index (χ4n) is 4.01. The molecule has 1 atom stereocenters. The minimum atomic E-state index is -3.81. The van der Waals surface area contributed by atoms with Crippen LogP contribution in [0.5, 0.6) is 0 Å². The number of hydrogen-bond donors (Lipinski definition) is 0. The Balaban J connectivity index is 1.78. The molecule has 0 saturated carbocycles. The molecule has 3 aromatic rings. The predicted molar refractivity (Wildman–Crippen MR) is 107 cm³/mol. The molecular weight excluding hydrogens is 394 g/mol. The Hall–Kier alpha value is -2.39. The first-order valence-electron chi connectivity index (χ1n) is 9.89. The van der Waals surface area contributed by atoms with Gasteiger partial charge < -0.3 is 8.94 Å². The number of nitrogens with zero attached hydrogens (tertiary/aromatic N) is 3. The normalized spacial score (nSPS) is 19.1. The largest absolute Gasteiger partial charge is 0.420 e. The van der Waals surface area contributed by atoms with Gasteiger partial charge in [-0.3, -0.25) is 4.57 Å². The monoisotopic (exact) mass is 419 g/mol.